The first-order chi connectivity index (χ1) is 9.65. The van der Waals surface area contributed by atoms with Crippen LogP contribution < -0.4 is 0 Å². The number of nitrogens with zero attached hydrogens (tertiary/aromatic N) is 1. The molecule has 3 nitrogen and oxygen atoms in total. The maximum atomic E-state index is 11.1. The second kappa shape index (κ2) is 4.94. The third-order valence-corrected chi connectivity index (χ3v) is 3.47. The molecule has 0 amide bonds. The van der Waals surface area contributed by atoms with Gasteiger partial charge in [-0.3, -0.25) is 4.98 Å². The van der Waals surface area contributed by atoms with Gasteiger partial charge in [0.15, 0.2) is 0 Å². The maximum Gasteiger partial charge on any atom is 0.337 e. The molecule has 98 valence electrons. The summed E-state index contributed by atoms with van der Waals surface area (Å²) in [6, 6.07) is 14.7. The fourth-order valence-electron chi connectivity index (χ4n) is 2.11. The average molecular weight is 284 g/mol. The second-order valence-electron chi connectivity index (χ2n) is 4.41. The molecular formula is C16H10ClNO2. The van der Waals surface area contributed by atoms with Crippen LogP contribution in [0.15, 0.2) is 54.7 Å². The van der Waals surface area contributed by atoms with E-state index in [4.69, 9.17) is 16.7 Å². The molecule has 3 aromatic rings. The van der Waals surface area contributed by atoms with Crippen molar-refractivity contribution >= 4 is 28.5 Å². The van der Waals surface area contributed by atoms with Gasteiger partial charge < -0.3 is 5.11 Å². The number of carboxylic acid groups (broad SMARTS) is 1. The van der Waals surface area contributed by atoms with Gasteiger partial charge in [-0.15, -0.1) is 0 Å². The molecule has 0 aliphatic carbocycles. The number of rotatable bonds is 2. The van der Waals surface area contributed by atoms with Crippen molar-refractivity contribution in [2.24, 2.45) is 0 Å². The van der Waals surface area contributed by atoms with E-state index in [0.717, 1.165) is 22.0 Å². The van der Waals surface area contributed by atoms with Crippen molar-refractivity contribution in [3.63, 3.8) is 0 Å². The molecular weight excluding hydrogens is 274 g/mol. The highest BCUT2D eigenvalue weighted by Crippen LogP contribution is 2.27. The van der Waals surface area contributed by atoms with Crippen molar-refractivity contribution in [3.05, 3.63) is 65.3 Å². The zero-order chi connectivity index (χ0) is 14.1. The Kier molecular flexibility index (Phi) is 3.12. The van der Waals surface area contributed by atoms with E-state index >= 15 is 0 Å². The molecule has 0 saturated heterocycles. The number of halogens is 1. The molecule has 0 saturated carbocycles. The van der Waals surface area contributed by atoms with E-state index in [1.54, 1.807) is 24.4 Å². The normalized spacial score (nSPS) is 10.7. The Morgan fingerprint density at radius 1 is 1.05 bits per heavy atom. The summed E-state index contributed by atoms with van der Waals surface area (Å²) in [4.78, 5) is 15.4. The van der Waals surface area contributed by atoms with Crippen molar-refractivity contribution in [2.45, 2.75) is 0 Å². The molecule has 0 atom stereocenters. The number of benzene rings is 2. The minimum Gasteiger partial charge on any atom is -0.478 e. The van der Waals surface area contributed by atoms with Crippen LogP contribution in [0, 0.1) is 0 Å². The fourth-order valence-corrected chi connectivity index (χ4v) is 2.31. The Bertz CT molecular complexity index is 814. The maximum absolute atomic E-state index is 11.1. The Morgan fingerprint density at radius 3 is 2.60 bits per heavy atom. The van der Waals surface area contributed by atoms with E-state index in [2.05, 4.69) is 4.98 Å². The van der Waals surface area contributed by atoms with Crippen molar-refractivity contribution < 1.29 is 9.90 Å². The summed E-state index contributed by atoms with van der Waals surface area (Å²) in [5, 5.41) is 10.4. The van der Waals surface area contributed by atoms with E-state index < -0.39 is 5.97 Å². The van der Waals surface area contributed by atoms with Crippen LogP contribution in [0.5, 0.6) is 0 Å². The number of hydrogen-bond acceptors (Lipinski definition) is 2. The van der Waals surface area contributed by atoms with Crippen molar-refractivity contribution in [3.8, 4) is 11.1 Å². The molecule has 2 aromatic carbocycles. The molecule has 0 aliphatic rings. The van der Waals surface area contributed by atoms with Crippen LogP contribution in [0.1, 0.15) is 10.4 Å². The first-order valence-corrected chi connectivity index (χ1v) is 6.41. The van der Waals surface area contributed by atoms with Crippen LogP contribution in [-0.2, 0) is 0 Å². The lowest BCUT2D eigenvalue weighted by molar-refractivity contribution is 0.0697. The third kappa shape index (κ3) is 2.24. The van der Waals surface area contributed by atoms with E-state index in [-0.39, 0.29) is 10.6 Å². The largest absolute Gasteiger partial charge is 0.478 e. The summed E-state index contributed by atoms with van der Waals surface area (Å²) in [5.41, 5.74) is 2.69. The summed E-state index contributed by atoms with van der Waals surface area (Å²) < 4.78 is 0. The Morgan fingerprint density at radius 2 is 1.80 bits per heavy atom. The zero-order valence-electron chi connectivity index (χ0n) is 10.4. The van der Waals surface area contributed by atoms with E-state index in [1.165, 1.54) is 0 Å². The molecule has 0 aliphatic heterocycles. The van der Waals surface area contributed by atoms with Gasteiger partial charge >= 0.3 is 5.97 Å². The van der Waals surface area contributed by atoms with E-state index in [9.17, 15) is 4.79 Å². The lowest BCUT2D eigenvalue weighted by Gasteiger charge is -2.06. The summed E-state index contributed by atoms with van der Waals surface area (Å²) in [6.45, 7) is 0. The number of carboxylic acids is 1. The zero-order valence-corrected chi connectivity index (χ0v) is 11.1. The number of pyridine rings is 1. The van der Waals surface area contributed by atoms with Crippen molar-refractivity contribution in [1.29, 1.82) is 0 Å². The molecule has 0 bridgehead atoms. The minimum atomic E-state index is -1.03. The summed E-state index contributed by atoms with van der Waals surface area (Å²) >= 11 is 5.88. The molecule has 0 radical (unpaired) electrons. The van der Waals surface area contributed by atoms with Gasteiger partial charge in [-0.1, -0.05) is 35.9 Å². The van der Waals surface area contributed by atoms with Crippen LogP contribution in [0.3, 0.4) is 0 Å². The Labute approximate surface area is 120 Å². The highest BCUT2D eigenvalue weighted by Gasteiger charge is 2.10. The van der Waals surface area contributed by atoms with E-state index in [0.29, 0.717) is 0 Å². The Balaban J connectivity index is 2.15. The summed E-state index contributed by atoms with van der Waals surface area (Å²) in [7, 11) is 0. The quantitative estimate of drug-likeness (QED) is 0.765. The molecule has 3 rings (SSSR count). The standard InChI is InChI=1S/C16H10ClNO2/c17-14-6-5-11(8-13(14)16(19)20)12-4-3-10-2-1-7-18-15(10)9-12/h1-9H,(H,19,20). The Hall–Kier alpha value is -2.39. The highest BCUT2D eigenvalue weighted by molar-refractivity contribution is 6.33. The summed E-state index contributed by atoms with van der Waals surface area (Å²) in [6.07, 6.45) is 1.73. The van der Waals surface area contributed by atoms with Crippen LogP contribution in [0.2, 0.25) is 5.02 Å². The van der Waals surface area contributed by atoms with Gasteiger partial charge in [-0.2, -0.15) is 0 Å². The predicted octanol–water partition coefficient (Wildman–Crippen LogP) is 4.25. The van der Waals surface area contributed by atoms with Crippen molar-refractivity contribution in [2.75, 3.05) is 0 Å². The van der Waals surface area contributed by atoms with Gasteiger partial charge in [0, 0.05) is 11.6 Å². The average Bonchev–Trinajstić information content (AvgIpc) is 2.47. The number of aromatic carboxylic acids is 1. The van der Waals surface area contributed by atoms with Gasteiger partial charge in [0.1, 0.15) is 0 Å². The molecule has 1 heterocycles. The van der Waals surface area contributed by atoms with Crippen LogP contribution in [-0.4, -0.2) is 16.1 Å². The SMILES string of the molecule is O=C(O)c1cc(-c2ccc3cccnc3c2)ccc1Cl. The first-order valence-electron chi connectivity index (χ1n) is 6.03. The van der Waals surface area contributed by atoms with Gasteiger partial charge in [0.2, 0.25) is 0 Å². The molecule has 1 N–H and O–H groups in total. The van der Waals surface area contributed by atoms with Gasteiger partial charge in [-0.25, -0.2) is 4.79 Å². The van der Waals surface area contributed by atoms with Gasteiger partial charge in [-0.05, 0) is 35.4 Å². The number of aromatic nitrogens is 1. The fraction of sp³-hybridized carbons (Fsp3) is 0. The topological polar surface area (TPSA) is 50.2 Å². The number of carbonyl (C=O) groups is 1. The predicted molar refractivity (Wildman–Crippen MR) is 79.1 cm³/mol. The molecule has 4 heteroatoms. The van der Waals surface area contributed by atoms with Gasteiger partial charge in [0.25, 0.3) is 0 Å². The van der Waals surface area contributed by atoms with Crippen LogP contribution >= 0.6 is 11.6 Å². The lowest BCUT2D eigenvalue weighted by Crippen LogP contribution is -1.97. The smallest absolute Gasteiger partial charge is 0.337 e. The minimum absolute atomic E-state index is 0.102. The molecule has 0 unspecified atom stereocenters. The second-order valence-corrected chi connectivity index (χ2v) is 4.82. The molecule has 20 heavy (non-hydrogen) atoms. The van der Waals surface area contributed by atoms with Crippen molar-refractivity contribution in [1.82, 2.24) is 4.98 Å². The number of fused-ring (bicyclic) bond motifs is 1. The summed E-state index contributed by atoms with van der Waals surface area (Å²) in [5.74, 6) is -1.03. The first kappa shape index (κ1) is 12.6. The monoisotopic (exact) mass is 283 g/mol. The van der Waals surface area contributed by atoms with E-state index in [1.807, 2.05) is 30.3 Å². The van der Waals surface area contributed by atoms with Crippen LogP contribution in [0.25, 0.3) is 22.0 Å². The van der Waals surface area contributed by atoms with Gasteiger partial charge in [0.05, 0.1) is 16.1 Å². The third-order valence-electron chi connectivity index (χ3n) is 3.14. The van der Waals surface area contributed by atoms with Crippen LogP contribution in [0.4, 0.5) is 0 Å². The lowest BCUT2D eigenvalue weighted by atomic mass is 10.0. The number of hydrogen-bond donors (Lipinski definition) is 1. The highest BCUT2D eigenvalue weighted by atomic mass is 35.5. The molecule has 0 fully saturated rings. The molecule has 0 spiro atoms. The molecule has 1 aromatic heterocycles.